The first-order valence-electron chi connectivity index (χ1n) is 5.26. The molecule has 0 atom stereocenters. The molecule has 1 aromatic rings. The smallest absolute Gasteiger partial charge is 0.310 e. The van der Waals surface area contributed by atoms with Gasteiger partial charge >= 0.3 is 5.97 Å². The van der Waals surface area contributed by atoms with Crippen LogP contribution in [0.3, 0.4) is 0 Å². The SMILES string of the molecule is CCOC(=O)Cc1cccc(NC(=O)CCl)c1. The van der Waals surface area contributed by atoms with Crippen molar-refractivity contribution in [2.24, 2.45) is 0 Å². The van der Waals surface area contributed by atoms with Crippen LogP contribution in [0.5, 0.6) is 0 Å². The van der Waals surface area contributed by atoms with E-state index in [9.17, 15) is 9.59 Å². The van der Waals surface area contributed by atoms with Crippen LogP contribution in [-0.4, -0.2) is 24.4 Å². The van der Waals surface area contributed by atoms with Crippen LogP contribution in [0, 0.1) is 0 Å². The lowest BCUT2D eigenvalue weighted by molar-refractivity contribution is -0.142. The average Bonchev–Trinajstić information content (AvgIpc) is 2.29. The van der Waals surface area contributed by atoms with Gasteiger partial charge in [0, 0.05) is 5.69 Å². The maximum absolute atomic E-state index is 11.3. The van der Waals surface area contributed by atoms with Gasteiger partial charge in [-0.15, -0.1) is 11.6 Å². The first-order chi connectivity index (χ1) is 8.15. The lowest BCUT2D eigenvalue weighted by atomic mass is 10.1. The zero-order valence-corrected chi connectivity index (χ0v) is 10.3. The molecule has 0 fully saturated rings. The van der Waals surface area contributed by atoms with Gasteiger partial charge in [-0.05, 0) is 24.6 Å². The summed E-state index contributed by atoms with van der Waals surface area (Å²) in [6.07, 6.45) is 0.193. The molecule has 0 bridgehead atoms. The Morgan fingerprint density at radius 1 is 1.41 bits per heavy atom. The minimum Gasteiger partial charge on any atom is -0.466 e. The number of benzene rings is 1. The molecule has 0 radical (unpaired) electrons. The van der Waals surface area contributed by atoms with E-state index < -0.39 is 0 Å². The summed E-state index contributed by atoms with van der Waals surface area (Å²) in [6.45, 7) is 2.12. The topological polar surface area (TPSA) is 55.4 Å². The van der Waals surface area contributed by atoms with Crippen LogP contribution < -0.4 is 5.32 Å². The van der Waals surface area contributed by atoms with Gasteiger partial charge in [0.05, 0.1) is 13.0 Å². The van der Waals surface area contributed by atoms with Crippen LogP contribution in [0.2, 0.25) is 0 Å². The van der Waals surface area contributed by atoms with E-state index in [-0.39, 0.29) is 24.2 Å². The molecule has 5 heteroatoms. The van der Waals surface area contributed by atoms with E-state index >= 15 is 0 Å². The normalized spacial score (nSPS) is 9.76. The number of ether oxygens (including phenoxy) is 1. The highest BCUT2D eigenvalue weighted by Crippen LogP contribution is 2.11. The molecule has 0 aliphatic heterocycles. The predicted molar refractivity (Wildman–Crippen MR) is 66.1 cm³/mol. The zero-order chi connectivity index (χ0) is 12.7. The Hall–Kier alpha value is -1.55. The van der Waals surface area contributed by atoms with Gasteiger partial charge < -0.3 is 10.1 Å². The maximum atomic E-state index is 11.3. The fourth-order valence-electron chi connectivity index (χ4n) is 1.33. The molecule has 0 aliphatic rings. The first kappa shape index (κ1) is 13.5. The van der Waals surface area contributed by atoms with Crippen molar-refractivity contribution in [2.45, 2.75) is 13.3 Å². The molecule has 0 aliphatic carbocycles. The predicted octanol–water partition coefficient (Wildman–Crippen LogP) is 1.97. The van der Waals surface area contributed by atoms with E-state index in [1.54, 1.807) is 31.2 Å². The highest BCUT2D eigenvalue weighted by molar-refractivity contribution is 6.29. The van der Waals surface area contributed by atoms with Crippen LogP contribution in [0.25, 0.3) is 0 Å². The van der Waals surface area contributed by atoms with Crippen molar-refractivity contribution in [1.29, 1.82) is 0 Å². The summed E-state index contributed by atoms with van der Waals surface area (Å²) in [5, 5.41) is 2.61. The molecule has 17 heavy (non-hydrogen) atoms. The number of hydrogen-bond acceptors (Lipinski definition) is 3. The fourth-order valence-corrected chi connectivity index (χ4v) is 1.40. The standard InChI is InChI=1S/C12H14ClNO3/c1-2-17-12(16)7-9-4-3-5-10(6-9)14-11(15)8-13/h3-6H,2,7-8H2,1H3,(H,14,15). The van der Waals surface area contributed by atoms with Crippen molar-refractivity contribution in [2.75, 3.05) is 17.8 Å². The Kier molecular flexibility index (Phi) is 5.49. The van der Waals surface area contributed by atoms with Crippen molar-refractivity contribution in [3.63, 3.8) is 0 Å². The summed E-state index contributed by atoms with van der Waals surface area (Å²) < 4.78 is 4.84. The van der Waals surface area contributed by atoms with Crippen LogP contribution in [-0.2, 0) is 20.7 Å². The summed E-state index contributed by atoms with van der Waals surface area (Å²) in [5.74, 6) is -0.657. The minimum absolute atomic E-state index is 0.0951. The highest BCUT2D eigenvalue weighted by atomic mass is 35.5. The molecule has 1 amide bonds. The number of halogens is 1. The molecule has 0 heterocycles. The number of esters is 1. The summed E-state index contributed by atoms with van der Waals surface area (Å²) in [4.78, 5) is 22.4. The third-order valence-electron chi connectivity index (χ3n) is 1.99. The third kappa shape index (κ3) is 4.87. The van der Waals surface area contributed by atoms with Crippen LogP contribution in [0.1, 0.15) is 12.5 Å². The first-order valence-corrected chi connectivity index (χ1v) is 5.79. The Morgan fingerprint density at radius 2 is 2.18 bits per heavy atom. The monoisotopic (exact) mass is 255 g/mol. The van der Waals surface area contributed by atoms with Crippen molar-refractivity contribution in [3.8, 4) is 0 Å². The molecular weight excluding hydrogens is 242 g/mol. The second-order valence-corrected chi connectivity index (χ2v) is 3.63. The number of nitrogens with one attached hydrogen (secondary N) is 1. The fraction of sp³-hybridized carbons (Fsp3) is 0.333. The average molecular weight is 256 g/mol. The number of alkyl halides is 1. The Balaban J connectivity index is 2.65. The van der Waals surface area contributed by atoms with Gasteiger partial charge in [0.25, 0.3) is 0 Å². The van der Waals surface area contributed by atoms with E-state index in [1.165, 1.54) is 0 Å². The lowest BCUT2D eigenvalue weighted by Crippen LogP contribution is -2.13. The van der Waals surface area contributed by atoms with E-state index in [0.717, 1.165) is 5.56 Å². The molecule has 0 spiro atoms. The number of anilines is 1. The molecule has 0 saturated carbocycles. The zero-order valence-electron chi connectivity index (χ0n) is 9.53. The molecule has 1 aromatic carbocycles. The van der Waals surface area contributed by atoms with Gasteiger partial charge in [-0.25, -0.2) is 0 Å². The molecule has 0 saturated heterocycles. The lowest BCUT2D eigenvalue weighted by Gasteiger charge is -2.06. The van der Waals surface area contributed by atoms with Gasteiger partial charge in [0.2, 0.25) is 5.91 Å². The van der Waals surface area contributed by atoms with Crippen molar-refractivity contribution >= 4 is 29.2 Å². The van der Waals surface area contributed by atoms with Gasteiger partial charge in [-0.2, -0.15) is 0 Å². The summed E-state index contributed by atoms with van der Waals surface area (Å²) >= 11 is 5.38. The van der Waals surface area contributed by atoms with Crippen LogP contribution in [0.15, 0.2) is 24.3 Å². The number of amides is 1. The second kappa shape index (κ2) is 6.91. The van der Waals surface area contributed by atoms with Crippen molar-refractivity contribution in [3.05, 3.63) is 29.8 Å². The van der Waals surface area contributed by atoms with Crippen molar-refractivity contribution in [1.82, 2.24) is 0 Å². The summed E-state index contributed by atoms with van der Waals surface area (Å²) in [5.41, 5.74) is 1.41. The molecule has 1 rings (SSSR count). The highest BCUT2D eigenvalue weighted by Gasteiger charge is 2.05. The van der Waals surface area contributed by atoms with Gasteiger partial charge in [-0.1, -0.05) is 12.1 Å². The van der Waals surface area contributed by atoms with E-state index in [1.807, 2.05) is 0 Å². The maximum Gasteiger partial charge on any atom is 0.310 e. The van der Waals surface area contributed by atoms with Gasteiger partial charge in [0.15, 0.2) is 0 Å². The molecule has 92 valence electrons. The number of carbonyl (C=O) groups excluding carboxylic acids is 2. The number of hydrogen-bond donors (Lipinski definition) is 1. The molecule has 4 nitrogen and oxygen atoms in total. The Bertz CT molecular complexity index is 406. The Morgan fingerprint density at radius 3 is 2.82 bits per heavy atom. The number of rotatable bonds is 5. The summed E-state index contributed by atoms with van der Waals surface area (Å²) in [6, 6.07) is 7.02. The van der Waals surface area contributed by atoms with E-state index in [4.69, 9.17) is 16.3 Å². The van der Waals surface area contributed by atoms with E-state index in [2.05, 4.69) is 5.32 Å². The second-order valence-electron chi connectivity index (χ2n) is 3.36. The van der Waals surface area contributed by atoms with Gasteiger partial charge in [-0.3, -0.25) is 9.59 Å². The molecule has 0 aromatic heterocycles. The quantitative estimate of drug-likeness (QED) is 0.647. The Labute approximate surface area is 105 Å². The van der Waals surface area contributed by atoms with Crippen LogP contribution in [0.4, 0.5) is 5.69 Å². The molecule has 1 N–H and O–H groups in total. The number of carbonyl (C=O) groups is 2. The third-order valence-corrected chi connectivity index (χ3v) is 2.23. The van der Waals surface area contributed by atoms with Gasteiger partial charge in [0.1, 0.15) is 5.88 Å². The largest absolute Gasteiger partial charge is 0.466 e. The van der Waals surface area contributed by atoms with Crippen LogP contribution >= 0.6 is 11.6 Å². The summed E-state index contributed by atoms with van der Waals surface area (Å²) in [7, 11) is 0. The molecule has 0 unspecified atom stereocenters. The van der Waals surface area contributed by atoms with Crippen molar-refractivity contribution < 1.29 is 14.3 Å². The molecular formula is C12H14ClNO3. The minimum atomic E-state index is -0.284. The van der Waals surface area contributed by atoms with E-state index in [0.29, 0.717) is 12.3 Å².